The highest BCUT2D eigenvalue weighted by molar-refractivity contribution is 7.59. The predicted molar refractivity (Wildman–Crippen MR) is 309 cm³/mol. The lowest BCUT2D eigenvalue weighted by Crippen LogP contribution is -2.62. The first-order valence-corrected chi connectivity index (χ1v) is 30.8. The monoisotopic (exact) mass is 1240 g/mol. The molecule has 2 aliphatic heterocycles. The molecule has 28 nitrogen and oxygen atoms in total. The van der Waals surface area contributed by atoms with Crippen LogP contribution in [0.2, 0.25) is 0 Å². The van der Waals surface area contributed by atoms with E-state index < -0.39 is 177 Å². The molecule has 87 heavy (non-hydrogen) atoms. The highest BCUT2D eigenvalue weighted by Crippen LogP contribution is 2.38. The SMILES string of the molecule is Cc1[nH]c2ccc(CC(=O)CCCP(=O)(NCCC3C(=O)C=CC3=O)NCCN3C(=O)C=CC3=O)cc2c1C[C@@H]1CC(=O)[C@H](C)NC(=O)[C@H]2C(C[C@H](O)C2O)C(=O)C(CO)NC(=O)[C@@H]([C@H](C)O)NC(=O)C(C(C)C)NC(=O)[C@H](CC(C)(O)CO)NC1=O. The molecule has 476 valence electrons. The molecule has 0 bridgehead atoms. The number of rotatable bonds is 22. The molecule has 1 saturated heterocycles. The minimum atomic E-state index is -3.57. The van der Waals surface area contributed by atoms with Gasteiger partial charge in [-0.3, -0.25) is 77.2 Å². The molecule has 4 aliphatic rings. The van der Waals surface area contributed by atoms with Gasteiger partial charge in [0.15, 0.2) is 23.1 Å². The van der Waals surface area contributed by atoms with Crippen LogP contribution in [0.3, 0.4) is 0 Å². The van der Waals surface area contributed by atoms with E-state index in [1.165, 1.54) is 39.8 Å². The number of aryl methyl sites for hydroxylation is 1. The number of hydrogen-bond acceptors (Lipinski definition) is 19. The number of aliphatic hydroxyl groups excluding tert-OH is 5. The second-order valence-electron chi connectivity index (χ2n) is 23.6. The molecule has 3 heterocycles. The molecule has 0 radical (unpaired) electrons. The second-order valence-corrected chi connectivity index (χ2v) is 26.2. The van der Waals surface area contributed by atoms with Crippen molar-refractivity contribution in [3.05, 3.63) is 59.3 Å². The van der Waals surface area contributed by atoms with Crippen LogP contribution in [0.25, 0.3) is 10.9 Å². The molecule has 1 aromatic heterocycles. The van der Waals surface area contributed by atoms with Crippen molar-refractivity contribution >= 4 is 88.6 Å². The quantitative estimate of drug-likeness (QED) is 0.0318. The third-order valence-corrected chi connectivity index (χ3v) is 18.7. The maximum atomic E-state index is 14.9. The third kappa shape index (κ3) is 17.6. The normalized spacial score (nSPS) is 27.6. The molecule has 0 spiro atoms. The first-order chi connectivity index (χ1) is 40.9. The number of allylic oxidation sites excluding steroid dienone is 2. The van der Waals surface area contributed by atoms with E-state index in [9.17, 15) is 92.7 Å². The fourth-order valence-corrected chi connectivity index (χ4v) is 13.2. The summed E-state index contributed by atoms with van der Waals surface area (Å²) in [6.45, 7) is 6.11. The van der Waals surface area contributed by atoms with Gasteiger partial charge in [-0.05, 0) is 94.7 Å². The summed E-state index contributed by atoms with van der Waals surface area (Å²) >= 11 is 0. The lowest BCUT2D eigenvalue weighted by molar-refractivity contribution is -0.140. The van der Waals surface area contributed by atoms with Gasteiger partial charge in [0, 0.05) is 92.1 Å². The number of aliphatic hydroxyl groups is 6. The van der Waals surface area contributed by atoms with E-state index in [-0.39, 0.29) is 75.3 Å². The molecule has 6 rings (SSSR count). The van der Waals surface area contributed by atoms with Gasteiger partial charge >= 0.3 is 0 Å². The van der Waals surface area contributed by atoms with Crippen LogP contribution >= 0.6 is 7.44 Å². The number of carbonyl (C=O) groups is 12. The standard InChI is InChI=1S/C58H80N9O19P/c1-28(2)49-56(83)66-50(31(5)70)57(84)64-41(26-68)51(78)38-24-45(75)52(79)48(38)55(82)62-30(4)44(74)23-33(53(80)63-40(54(81)65-49)25-58(6,85)27-69)22-36-29(3)61-39-10-9-32(21-37(36)39)20-34(71)8-7-19-87(86,59-16-15-35-42(72)11-12-43(35)73)60-17-18-67-46(76)13-14-47(67)77/h9-14,21,28,30-31,33,35,38,40-41,45,48-50,52,61,68-70,75,79,85H,7-8,15-20,22-27H2,1-6H3,(H,62,82)(H,63,80)(H,64,84)(H,65,81)(H,66,83)(H2,59,60,86)/t30-,31-,33+,38?,40-,41?,45-,48-,49?,50+,52?,58?,87?/m0/s1. The smallest absolute Gasteiger partial charge is 0.253 e. The number of benzene rings is 1. The summed E-state index contributed by atoms with van der Waals surface area (Å²) in [6.07, 6.45) is -2.86. The van der Waals surface area contributed by atoms with Gasteiger partial charge in [-0.1, -0.05) is 19.9 Å². The van der Waals surface area contributed by atoms with Gasteiger partial charge in [-0.25, -0.2) is 0 Å². The Labute approximate surface area is 501 Å². The van der Waals surface area contributed by atoms with Crippen LogP contribution in [0, 0.1) is 36.5 Å². The van der Waals surface area contributed by atoms with Gasteiger partial charge in [0.25, 0.3) is 11.8 Å². The van der Waals surface area contributed by atoms with Crippen LogP contribution in [0.4, 0.5) is 0 Å². The molecule has 7 amide bonds. The summed E-state index contributed by atoms with van der Waals surface area (Å²) in [5, 5.41) is 82.6. The molecular formula is C58H80N9O19P. The maximum absolute atomic E-state index is 14.9. The van der Waals surface area contributed by atoms with Crippen LogP contribution in [-0.4, -0.2) is 204 Å². The molecule has 1 aromatic carbocycles. The van der Waals surface area contributed by atoms with E-state index >= 15 is 0 Å². The number of amides is 7. The zero-order valence-electron chi connectivity index (χ0n) is 49.3. The lowest BCUT2D eigenvalue weighted by Gasteiger charge is -2.31. The minimum Gasteiger partial charge on any atom is -0.394 e. The van der Waals surface area contributed by atoms with Crippen molar-refractivity contribution < 1.29 is 92.7 Å². The topological polar surface area (TPSA) is 447 Å². The molecule has 1 saturated carbocycles. The summed E-state index contributed by atoms with van der Waals surface area (Å²) in [5.74, 6) is -15.7. The average Bonchev–Trinajstić information content (AvgIpc) is 2.04. The zero-order chi connectivity index (χ0) is 64.4. The van der Waals surface area contributed by atoms with E-state index in [0.29, 0.717) is 27.7 Å². The first kappa shape index (κ1) is 69.1. The minimum absolute atomic E-state index is 0.0140. The number of aromatic nitrogens is 1. The average molecular weight is 1240 g/mol. The number of nitrogens with zero attached hydrogens (tertiary/aromatic N) is 1. The molecule has 2 aliphatic carbocycles. The molecule has 14 N–H and O–H groups in total. The van der Waals surface area contributed by atoms with Crippen LogP contribution in [-0.2, 0) is 74.9 Å². The van der Waals surface area contributed by atoms with Crippen LogP contribution in [0.15, 0.2) is 42.5 Å². The highest BCUT2D eigenvalue weighted by atomic mass is 31.2. The number of H-pyrrole nitrogens is 1. The van der Waals surface area contributed by atoms with Crippen molar-refractivity contribution in [3.8, 4) is 0 Å². The van der Waals surface area contributed by atoms with Crippen LogP contribution in [0.5, 0.6) is 0 Å². The van der Waals surface area contributed by atoms with Gasteiger partial charge in [-0.15, -0.1) is 0 Å². The van der Waals surface area contributed by atoms with Gasteiger partial charge in [0.05, 0.1) is 55.0 Å². The number of Topliss-reactive ketones (excluding diaryl/α,β-unsaturated/α-hetero) is 3. The molecule has 6 unspecified atom stereocenters. The Bertz CT molecular complexity index is 3030. The number of aromatic amines is 1. The number of nitrogens with one attached hydrogen (secondary N) is 8. The largest absolute Gasteiger partial charge is 0.394 e. The highest BCUT2D eigenvalue weighted by Gasteiger charge is 2.51. The number of carbonyl (C=O) groups excluding carboxylic acids is 12. The lowest BCUT2D eigenvalue weighted by atomic mass is 9.86. The van der Waals surface area contributed by atoms with E-state index in [0.717, 1.165) is 24.0 Å². The van der Waals surface area contributed by atoms with E-state index in [4.69, 9.17) is 0 Å². The maximum Gasteiger partial charge on any atom is 0.253 e. The van der Waals surface area contributed by atoms with Crippen molar-refractivity contribution in [2.45, 2.75) is 147 Å². The summed E-state index contributed by atoms with van der Waals surface area (Å²) in [6, 6.07) is -3.29. The summed E-state index contributed by atoms with van der Waals surface area (Å²) in [7, 11) is -3.57. The Balaban J connectivity index is 1.28. The summed E-state index contributed by atoms with van der Waals surface area (Å²) < 4.78 is 14.3. The Kier molecular flexibility index (Phi) is 23.7. The van der Waals surface area contributed by atoms with Gasteiger partial charge in [-0.2, -0.15) is 0 Å². The molecule has 29 heteroatoms. The van der Waals surface area contributed by atoms with Crippen molar-refractivity contribution in [2.75, 3.05) is 39.0 Å². The van der Waals surface area contributed by atoms with E-state index in [1.807, 2.05) is 0 Å². The van der Waals surface area contributed by atoms with Crippen molar-refractivity contribution in [1.82, 2.24) is 46.6 Å². The Morgan fingerprint density at radius 2 is 1.43 bits per heavy atom. The van der Waals surface area contributed by atoms with Crippen molar-refractivity contribution in [2.24, 2.45) is 29.6 Å². The first-order valence-electron chi connectivity index (χ1n) is 28.9. The van der Waals surface area contributed by atoms with Gasteiger partial charge < -0.3 is 62.2 Å². The van der Waals surface area contributed by atoms with E-state index in [1.54, 1.807) is 25.1 Å². The van der Waals surface area contributed by atoms with Crippen molar-refractivity contribution in [3.63, 3.8) is 0 Å². The summed E-state index contributed by atoms with van der Waals surface area (Å²) in [4.78, 5) is 166. The Morgan fingerprint density at radius 1 is 0.805 bits per heavy atom. The fraction of sp³-hybridized carbons (Fsp3) is 0.586. The second kappa shape index (κ2) is 29.8. The number of imide groups is 1. The third-order valence-electron chi connectivity index (χ3n) is 16.3. The van der Waals surface area contributed by atoms with Crippen LogP contribution < -0.4 is 36.8 Å². The van der Waals surface area contributed by atoms with Gasteiger partial charge in [0.2, 0.25) is 37.0 Å². The van der Waals surface area contributed by atoms with Gasteiger partial charge in [0.1, 0.15) is 30.0 Å². The van der Waals surface area contributed by atoms with E-state index in [2.05, 4.69) is 41.7 Å². The number of hydrogen-bond donors (Lipinski definition) is 14. The molecule has 2 fully saturated rings. The number of ketones is 5. The Hall–Kier alpha value is -7.01. The molecular weight excluding hydrogens is 1160 g/mol. The summed E-state index contributed by atoms with van der Waals surface area (Å²) in [5.41, 5.74) is -0.00589. The molecule has 2 aromatic rings. The molecule has 13 atom stereocenters. The fourth-order valence-electron chi connectivity index (χ4n) is 11.2. The van der Waals surface area contributed by atoms with Crippen molar-refractivity contribution in [1.29, 1.82) is 0 Å². The predicted octanol–water partition coefficient (Wildman–Crippen LogP) is -2.96. The Morgan fingerprint density at radius 3 is 2.05 bits per heavy atom. The number of fused-ring (bicyclic) bond motifs is 2. The van der Waals surface area contributed by atoms with Crippen LogP contribution in [0.1, 0.15) is 90.0 Å². The zero-order valence-corrected chi connectivity index (χ0v) is 50.2.